The highest BCUT2D eigenvalue weighted by molar-refractivity contribution is 7.99. The maximum Gasteiger partial charge on any atom is 0.328 e. The van der Waals surface area contributed by atoms with Crippen LogP contribution in [0.5, 0.6) is 0 Å². The topological polar surface area (TPSA) is 141 Å². The van der Waals surface area contributed by atoms with E-state index in [4.69, 9.17) is 14.9 Å². The van der Waals surface area contributed by atoms with E-state index in [0.717, 1.165) is 44.6 Å². The Balaban J connectivity index is 0.000000675. The van der Waals surface area contributed by atoms with Gasteiger partial charge in [-0.05, 0) is 56.0 Å². The van der Waals surface area contributed by atoms with Crippen LogP contribution in [0.4, 0.5) is 0 Å². The first-order chi connectivity index (χ1) is 19.6. The minimum absolute atomic E-state index is 0.00828. The van der Waals surface area contributed by atoms with E-state index in [9.17, 15) is 24.3 Å². The number of Topliss-reactive ketones (excluding diaryl/α,β-unsaturated/α-hetero) is 1. The molecule has 0 aromatic rings. The SMILES string of the molecule is C=C[C@]1(C)C[C@@H](OC(=O)CSCCN(CC)CC)[C@]2(C)[C@H](C)CC[C@]3(CCC(=O)[C@H]32)[C@@H](C)[C@@H]1O.O=C(O)C=CC(=O)O. The number of aliphatic hydroxyl groups excluding tert-OH is 1. The number of ketones is 1. The largest absolute Gasteiger partial charge is 0.478 e. The molecule has 3 N–H and O–H groups in total. The Morgan fingerprint density at radius 2 is 1.69 bits per heavy atom. The molecule has 238 valence electrons. The average Bonchev–Trinajstić information content (AvgIpc) is 3.30. The molecule has 0 aromatic heterocycles. The van der Waals surface area contributed by atoms with E-state index in [2.05, 4.69) is 46.1 Å². The van der Waals surface area contributed by atoms with Gasteiger partial charge in [0.1, 0.15) is 11.9 Å². The van der Waals surface area contributed by atoms with Crippen molar-refractivity contribution in [2.75, 3.05) is 31.1 Å². The number of aliphatic carboxylic acids is 2. The number of carbonyl (C=O) groups excluding carboxylic acids is 2. The molecule has 3 saturated carbocycles. The van der Waals surface area contributed by atoms with Crippen LogP contribution in [-0.4, -0.2) is 87.3 Å². The van der Waals surface area contributed by atoms with Crippen LogP contribution >= 0.6 is 11.8 Å². The van der Waals surface area contributed by atoms with E-state index < -0.39 is 35.0 Å². The van der Waals surface area contributed by atoms with Crippen molar-refractivity contribution in [1.29, 1.82) is 0 Å². The van der Waals surface area contributed by atoms with Crippen molar-refractivity contribution >= 4 is 35.5 Å². The van der Waals surface area contributed by atoms with E-state index in [0.29, 0.717) is 36.5 Å². The summed E-state index contributed by atoms with van der Waals surface area (Å²) in [4.78, 5) is 48.0. The first kappa shape index (κ1) is 36.0. The Labute approximate surface area is 255 Å². The number of hydrogen-bond acceptors (Lipinski definition) is 8. The van der Waals surface area contributed by atoms with Gasteiger partial charge in [-0.25, -0.2) is 9.59 Å². The van der Waals surface area contributed by atoms with Crippen molar-refractivity contribution in [2.45, 2.75) is 85.9 Å². The van der Waals surface area contributed by atoms with Gasteiger partial charge in [-0.3, -0.25) is 9.59 Å². The zero-order chi connectivity index (χ0) is 31.9. The second-order valence-electron chi connectivity index (χ2n) is 12.7. The number of ether oxygens (including phenoxy) is 1. The predicted octanol–water partition coefficient (Wildman–Crippen LogP) is 4.68. The number of carboxylic acid groups (broad SMARTS) is 2. The number of hydrogen-bond donors (Lipinski definition) is 3. The highest BCUT2D eigenvalue weighted by atomic mass is 32.2. The van der Waals surface area contributed by atoms with Crippen molar-refractivity contribution < 1.29 is 39.2 Å². The van der Waals surface area contributed by atoms with Crippen molar-refractivity contribution in [3.8, 4) is 0 Å². The summed E-state index contributed by atoms with van der Waals surface area (Å²) < 4.78 is 6.30. The summed E-state index contributed by atoms with van der Waals surface area (Å²) in [6, 6.07) is 0. The van der Waals surface area contributed by atoms with Crippen LogP contribution in [0.25, 0.3) is 0 Å². The third-order valence-corrected chi connectivity index (χ3v) is 11.5. The Kier molecular flexibility index (Phi) is 12.9. The number of rotatable bonds is 11. The van der Waals surface area contributed by atoms with Gasteiger partial charge in [-0.2, -0.15) is 0 Å². The van der Waals surface area contributed by atoms with E-state index in [-0.39, 0.29) is 29.1 Å². The van der Waals surface area contributed by atoms with Crippen LogP contribution in [0.1, 0.15) is 73.6 Å². The lowest BCUT2D eigenvalue weighted by molar-refractivity contribution is -0.205. The van der Waals surface area contributed by atoms with Crippen LogP contribution in [0.3, 0.4) is 0 Å². The summed E-state index contributed by atoms with van der Waals surface area (Å²) in [5.74, 6) is -1.14. The van der Waals surface area contributed by atoms with Gasteiger partial charge < -0.3 is 25.0 Å². The Morgan fingerprint density at radius 1 is 1.10 bits per heavy atom. The number of thioether (sulfide) groups is 1. The molecule has 0 saturated heterocycles. The van der Waals surface area contributed by atoms with Gasteiger partial charge in [0.25, 0.3) is 0 Å². The average molecular weight is 610 g/mol. The molecule has 8 atom stereocenters. The molecular formula is C32H51NO8S. The molecule has 2 bridgehead atoms. The van der Waals surface area contributed by atoms with Gasteiger partial charge >= 0.3 is 17.9 Å². The third kappa shape index (κ3) is 7.66. The zero-order valence-electron chi connectivity index (χ0n) is 26.1. The van der Waals surface area contributed by atoms with Crippen molar-refractivity contribution in [2.24, 2.45) is 34.0 Å². The lowest BCUT2D eigenvalue weighted by Gasteiger charge is -2.61. The zero-order valence-corrected chi connectivity index (χ0v) is 27.0. The lowest BCUT2D eigenvalue weighted by Crippen LogP contribution is -2.63. The number of esters is 1. The molecule has 3 aliphatic carbocycles. The summed E-state index contributed by atoms with van der Waals surface area (Å²) in [6.45, 7) is 20.0. The molecule has 3 fully saturated rings. The van der Waals surface area contributed by atoms with Gasteiger partial charge in [0.15, 0.2) is 0 Å². The molecule has 3 rings (SSSR count). The Morgan fingerprint density at radius 3 is 2.21 bits per heavy atom. The van der Waals surface area contributed by atoms with Gasteiger partial charge in [0, 0.05) is 47.6 Å². The minimum atomic E-state index is -1.26. The van der Waals surface area contributed by atoms with Crippen LogP contribution in [0.15, 0.2) is 24.8 Å². The first-order valence-electron chi connectivity index (χ1n) is 15.1. The highest BCUT2D eigenvalue weighted by Gasteiger charge is 2.68. The first-order valence-corrected chi connectivity index (χ1v) is 16.3. The Hall–Kier alpha value is -2.17. The van der Waals surface area contributed by atoms with Gasteiger partial charge in [0.05, 0.1) is 11.9 Å². The minimum Gasteiger partial charge on any atom is -0.478 e. The molecule has 0 amide bonds. The number of carbonyl (C=O) groups is 4. The smallest absolute Gasteiger partial charge is 0.328 e. The molecule has 0 heterocycles. The van der Waals surface area contributed by atoms with Gasteiger partial charge in [0.2, 0.25) is 0 Å². The monoisotopic (exact) mass is 609 g/mol. The summed E-state index contributed by atoms with van der Waals surface area (Å²) in [5, 5.41) is 27.2. The molecule has 3 aliphatic rings. The normalized spacial score (nSPS) is 35.9. The molecular weight excluding hydrogens is 558 g/mol. The molecule has 9 nitrogen and oxygen atoms in total. The van der Waals surface area contributed by atoms with E-state index in [1.807, 2.05) is 13.0 Å². The summed E-state index contributed by atoms with van der Waals surface area (Å²) in [7, 11) is 0. The molecule has 42 heavy (non-hydrogen) atoms. The fourth-order valence-electron chi connectivity index (χ4n) is 7.73. The summed E-state index contributed by atoms with van der Waals surface area (Å²) in [6.07, 6.45) is 5.76. The molecule has 10 heteroatoms. The standard InChI is InChI=1S/C28H47NO4S.C4H4O4/c1-8-26(6)17-22(33-23(31)18-34-16-15-29(9-2)10-3)27(7)19(4)11-13-28(20(5)25(26)32)14-12-21(30)24(27)28;5-3(6)1-2-4(7)8/h8,19-20,22,24-25,32H,1,9-18H2,2-7H3;1-2H,(H,5,6)(H,7,8)/t19-,20+,22-,24+,25+,26-,27+,28+;/m1./s1. The molecule has 0 spiro atoms. The highest BCUT2D eigenvalue weighted by Crippen LogP contribution is 2.68. The van der Waals surface area contributed by atoms with Crippen LogP contribution in [0.2, 0.25) is 0 Å². The van der Waals surface area contributed by atoms with E-state index in [1.165, 1.54) is 0 Å². The molecule has 0 radical (unpaired) electrons. The quantitative estimate of drug-likeness (QED) is 0.131. The fourth-order valence-corrected chi connectivity index (χ4v) is 8.49. The van der Waals surface area contributed by atoms with Crippen LogP contribution < -0.4 is 0 Å². The number of carboxylic acids is 2. The molecule has 0 aromatic carbocycles. The van der Waals surface area contributed by atoms with Crippen molar-refractivity contribution in [1.82, 2.24) is 4.90 Å². The van der Waals surface area contributed by atoms with Crippen LogP contribution in [0, 0.1) is 34.0 Å². The van der Waals surface area contributed by atoms with Crippen LogP contribution in [-0.2, 0) is 23.9 Å². The maximum atomic E-state index is 13.4. The fraction of sp³-hybridized carbons (Fsp3) is 0.750. The van der Waals surface area contributed by atoms with E-state index >= 15 is 0 Å². The van der Waals surface area contributed by atoms with E-state index in [1.54, 1.807) is 11.8 Å². The maximum absolute atomic E-state index is 13.4. The van der Waals surface area contributed by atoms with Crippen molar-refractivity contribution in [3.05, 3.63) is 24.8 Å². The number of nitrogens with zero attached hydrogens (tertiary/aromatic N) is 1. The summed E-state index contributed by atoms with van der Waals surface area (Å²) >= 11 is 1.61. The Bertz CT molecular complexity index is 1010. The molecule has 0 unspecified atom stereocenters. The lowest BCUT2D eigenvalue weighted by atomic mass is 9.44. The second-order valence-corrected chi connectivity index (χ2v) is 13.8. The summed E-state index contributed by atoms with van der Waals surface area (Å²) in [5.41, 5.74) is -1.25. The number of aliphatic hydroxyl groups is 1. The van der Waals surface area contributed by atoms with Gasteiger partial charge in [-0.1, -0.05) is 47.6 Å². The van der Waals surface area contributed by atoms with Crippen molar-refractivity contribution in [3.63, 3.8) is 0 Å². The molecule has 0 aliphatic heterocycles. The van der Waals surface area contributed by atoms with Gasteiger partial charge in [-0.15, -0.1) is 18.3 Å². The second kappa shape index (κ2) is 15.0. The predicted molar refractivity (Wildman–Crippen MR) is 164 cm³/mol. The third-order valence-electron chi connectivity index (χ3n) is 10.6.